The molecule has 0 unspecified atom stereocenters. The Morgan fingerprint density at radius 2 is 2.29 bits per heavy atom. The molecule has 0 saturated carbocycles. The van der Waals surface area contributed by atoms with Crippen LogP contribution in [0.25, 0.3) is 11.0 Å². The normalized spacial score (nSPS) is 11.1. The monoisotopic (exact) mass is 208 g/mol. The molecule has 0 aliphatic heterocycles. The Morgan fingerprint density at radius 1 is 1.50 bits per heavy atom. The Kier molecular flexibility index (Phi) is 2.41. The van der Waals surface area contributed by atoms with Gasteiger partial charge >= 0.3 is 0 Å². The summed E-state index contributed by atoms with van der Waals surface area (Å²) >= 11 is 4.16. The third-order valence-electron chi connectivity index (χ3n) is 2.15. The number of nitrogens with zero attached hydrogens (tertiary/aromatic N) is 4. The van der Waals surface area contributed by atoms with E-state index in [4.69, 9.17) is 0 Å². The number of rotatable bonds is 2. The Balaban J connectivity index is 2.59. The van der Waals surface area contributed by atoms with E-state index in [-0.39, 0.29) is 0 Å². The van der Waals surface area contributed by atoms with E-state index < -0.39 is 0 Å². The number of fused-ring (bicyclic) bond motifs is 1. The topological polar surface area (TPSA) is 43.6 Å². The second kappa shape index (κ2) is 3.57. The van der Waals surface area contributed by atoms with Crippen LogP contribution in [0.2, 0.25) is 0 Å². The molecule has 0 atom stereocenters. The van der Waals surface area contributed by atoms with Gasteiger partial charge in [-0.3, -0.25) is 4.68 Å². The quantitative estimate of drug-likeness (QED) is 0.753. The van der Waals surface area contributed by atoms with Crippen LogP contribution in [0.3, 0.4) is 0 Å². The van der Waals surface area contributed by atoms with Gasteiger partial charge in [-0.1, -0.05) is 0 Å². The van der Waals surface area contributed by atoms with E-state index in [1.807, 2.05) is 20.2 Å². The molecule has 0 aliphatic rings. The predicted molar refractivity (Wildman–Crippen MR) is 58.6 cm³/mol. The van der Waals surface area contributed by atoms with Crippen LogP contribution in [0.4, 0.5) is 0 Å². The lowest BCUT2D eigenvalue weighted by Crippen LogP contribution is -1.97. The highest BCUT2D eigenvalue weighted by atomic mass is 32.1. The Morgan fingerprint density at radius 3 is 3.00 bits per heavy atom. The summed E-state index contributed by atoms with van der Waals surface area (Å²) in [5.41, 5.74) is 2.87. The highest BCUT2D eigenvalue weighted by molar-refractivity contribution is 7.80. The molecular weight excluding hydrogens is 196 g/mol. The molecule has 2 aromatic heterocycles. The summed E-state index contributed by atoms with van der Waals surface area (Å²) in [4.78, 5) is 8.69. The number of aromatic nitrogens is 4. The molecule has 0 spiro atoms. The fourth-order valence-electron chi connectivity index (χ4n) is 1.46. The van der Waals surface area contributed by atoms with E-state index >= 15 is 0 Å². The summed E-state index contributed by atoms with van der Waals surface area (Å²) in [6.45, 7) is 1.96. The maximum absolute atomic E-state index is 4.44. The predicted octanol–water partition coefficient (Wildman–Crippen LogP) is 1.14. The standard InChI is InChI=1S/C9H12N4S/c1-6-9-7(13(2)12-6)5-10-8(11-9)3-4-14/h5,14H,3-4H2,1-2H3. The summed E-state index contributed by atoms with van der Waals surface area (Å²) in [5, 5.41) is 4.29. The van der Waals surface area contributed by atoms with Crippen LogP contribution in [0.1, 0.15) is 11.5 Å². The largest absolute Gasteiger partial charge is 0.264 e. The molecule has 74 valence electrons. The second-order valence-electron chi connectivity index (χ2n) is 3.20. The van der Waals surface area contributed by atoms with Crippen molar-refractivity contribution in [3.05, 3.63) is 17.7 Å². The first-order valence-electron chi connectivity index (χ1n) is 4.48. The van der Waals surface area contributed by atoms with Crippen molar-refractivity contribution >= 4 is 23.7 Å². The van der Waals surface area contributed by atoms with Gasteiger partial charge in [0, 0.05) is 13.5 Å². The van der Waals surface area contributed by atoms with Gasteiger partial charge in [0.05, 0.1) is 11.9 Å². The molecular formula is C9H12N4S. The fourth-order valence-corrected chi connectivity index (χ4v) is 1.66. The average molecular weight is 208 g/mol. The van der Waals surface area contributed by atoms with Gasteiger partial charge in [-0.15, -0.1) is 0 Å². The third kappa shape index (κ3) is 1.48. The van der Waals surface area contributed by atoms with Crippen molar-refractivity contribution in [2.24, 2.45) is 7.05 Å². The van der Waals surface area contributed by atoms with Crippen molar-refractivity contribution in [3.8, 4) is 0 Å². The van der Waals surface area contributed by atoms with Gasteiger partial charge in [0.2, 0.25) is 0 Å². The summed E-state index contributed by atoms with van der Waals surface area (Å²) in [6, 6.07) is 0. The second-order valence-corrected chi connectivity index (χ2v) is 3.65. The zero-order valence-electron chi connectivity index (χ0n) is 8.23. The lowest BCUT2D eigenvalue weighted by Gasteiger charge is -1.97. The summed E-state index contributed by atoms with van der Waals surface area (Å²) in [7, 11) is 1.90. The van der Waals surface area contributed by atoms with Gasteiger partial charge in [0.25, 0.3) is 0 Å². The minimum atomic E-state index is 0.769. The lowest BCUT2D eigenvalue weighted by molar-refractivity contribution is 0.781. The lowest BCUT2D eigenvalue weighted by atomic mass is 10.3. The molecule has 4 nitrogen and oxygen atoms in total. The first-order chi connectivity index (χ1) is 6.72. The summed E-state index contributed by atoms with van der Waals surface area (Å²) in [6.07, 6.45) is 2.62. The third-order valence-corrected chi connectivity index (χ3v) is 2.37. The van der Waals surface area contributed by atoms with Crippen molar-refractivity contribution in [3.63, 3.8) is 0 Å². The zero-order chi connectivity index (χ0) is 10.1. The average Bonchev–Trinajstić information content (AvgIpc) is 2.43. The van der Waals surface area contributed by atoms with Gasteiger partial charge in [0.1, 0.15) is 16.9 Å². The summed E-state index contributed by atoms with van der Waals surface area (Å²) < 4.78 is 1.80. The highest BCUT2D eigenvalue weighted by Crippen LogP contribution is 2.13. The molecule has 14 heavy (non-hydrogen) atoms. The van der Waals surface area contributed by atoms with E-state index in [1.165, 1.54) is 0 Å². The maximum Gasteiger partial charge on any atom is 0.130 e. The van der Waals surface area contributed by atoms with Gasteiger partial charge < -0.3 is 0 Å². The van der Waals surface area contributed by atoms with Gasteiger partial charge in [0.15, 0.2) is 0 Å². The van der Waals surface area contributed by atoms with Crippen molar-refractivity contribution < 1.29 is 0 Å². The van der Waals surface area contributed by atoms with Crippen LogP contribution in [-0.4, -0.2) is 25.5 Å². The van der Waals surface area contributed by atoms with Crippen LogP contribution in [-0.2, 0) is 13.5 Å². The van der Waals surface area contributed by atoms with Crippen LogP contribution in [0.5, 0.6) is 0 Å². The summed E-state index contributed by atoms with van der Waals surface area (Å²) in [5.74, 6) is 1.61. The first-order valence-corrected chi connectivity index (χ1v) is 5.11. The first kappa shape index (κ1) is 9.45. The van der Waals surface area contributed by atoms with Crippen molar-refractivity contribution in [1.82, 2.24) is 19.7 Å². The number of hydrogen-bond acceptors (Lipinski definition) is 4. The molecule has 0 fully saturated rings. The SMILES string of the molecule is Cc1nn(C)c2cnc(CCS)nc12. The van der Waals surface area contributed by atoms with Crippen LogP contribution in [0, 0.1) is 6.92 Å². The van der Waals surface area contributed by atoms with Gasteiger partial charge in [-0.2, -0.15) is 17.7 Å². The molecule has 0 saturated heterocycles. The van der Waals surface area contributed by atoms with Crippen molar-refractivity contribution in [1.29, 1.82) is 0 Å². The number of hydrogen-bond donors (Lipinski definition) is 1. The highest BCUT2D eigenvalue weighted by Gasteiger charge is 2.07. The number of aryl methyl sites for hydroxylation is 3. The van der Waals surface area contributed by atoms with Crippen LogP contribution in [0.15, 0.2) is 6.20 Å². The van der Waals surface area contributed by atoms with Crippen LogP contribution >= 0.6 is 12.6 Å². The van der Waals surface area contributed by atoms with Gasteiger partial charge in [-0.05, 0) is 12.7 Å². The van der Waals surface area contributed by atoms with Crippen molar-refractivity contribution in [2.45, 2.75) is 13.3 Å². The Bertz CT molecular complexity index is 463. The maximum atomic E-state index is 4.44. The van der Waals surface area contributed by atoms with Crippen LogP contribution < -0.4 is 0 Å². The molecule has 2 rings (SSSR count). The Labute approximate surface area is 87.8 Å². The molecule has 0 radical (unpaired) electrons. The van der Waals surface area contributed by atoms with Gasteiger partial charge in [-0.25, -0.2) is 9.97 Å². The minimum absolute atomic E-state index is 0.769. The van der Waals surface area contributed by atoms with E-state index in [9.17, 15) is 0 Å². The van der Waals surface area contributed by atoms with E-state index in [0.717, 1.165) is 34.7 Å². The number of thiol groups is 1. The smallest absolute Gasteiger partial charge is 0.130 e. The van der Waals surface area contributed by atoms with E-state index in [2.05, 4.69) is 27.7 Å². The van der Waals surface area contributed by atoms with E-state index in [1.54, 1.807) is 4.68 Å². The fraction of sp³-hybridized carbons (Fsp3) is 0.444. The molecule has 2 aromatic rings. The van der Waals surface area contributed by atoms with Crippen molar-refractivity contribution in [2.75, 3.05) is 5.75 Å². The molecule has 0 aromatic carbocycles. The molecule has 0 amide bonds. The minimum Gasteiger partial charge on any atom is -0.264 e. The molecule has 5 heteroatoms. The molecule has 0 aliphatic carbocycles. The molecule has 2 heterocycles. The zero-order valence-corrected chi connectivity index (χ0v) is 9.12. The molecule has 0 bridgehead atoms. The Hall–Kier alpha value is -1.10. The molecule has 0 N–H and O–H groups in total. The van der Waals surface area contributed by atoms with E-state index in [0.29, 0.717) is 0 Å².